The monoisotopic (exact) mass is 313 g/mol. The van der Waals surface area contributed by atoms with Gasteiger partial charge < -0.3 is 0 Å². The highest BCUT2D eigenvalue weighted by molar-refractivity contribution is 7.08. The number of hydrogen-bond donors (Lipinski definition) is 0. The van der Waals surface area contributed by atoms with Crippen molar-refractivity contribution < 1.29 is 4.79 Å². The summed E-state index contributed by atoms with van der Waals surface area (Å²) < 4.78 is 0. The van der Waals surface area contributed by atoms with Crippen molar-refractivity contribution in [2.24, 2.45) is 0 Å². The largest absolute Gasteiger partial charge is 0.276 e. The molecule has 0 N–H and O–H groups in total. The highest BCUT2D eigenvalue weighted by Crippen LogP contribution is 2.30. The van der Waals surface area contributed by atoms with Gasteiger partial charge in [0.1, 0.15) is 0 Å². The molecular weight excluding hydrogens is 302 g/mol. The van der Waals surface area contributed by atoms with Crippen LogP contribution in [0.4, 0.5) is 11.4 Å². The molecule has 0 fully saturated rings. The van der Waals surface area contributed by atoms with Crippen LogP contribution >= 0.6 is 22.9 Å². The van der Waals surface area contributed by atoms with E-state index in [4.69, 9.17) is 11.6 Å². The fraction of sp³-hybridized carbons (Fsp3) is 0. The zero-order valence-electron chi connectivity index (χ0n) is 11.1. The van der Waals surface area contributed by atoms with Gasteiger partial charge in [-0.3, -0.25) is 9.69 Å². The van der Waals surface area contributed by atoms with Gasteiger partial charge in [0, 0.05) is 21.7 Å². The second-order valence-corrected chi connectivity index (χ2v) is 5.68. The van der Waals surface area contributed by atoms with Gasteiger partial charge >= 0.3 is 0 Å². The lowest BCUT2D eigenvalue weighted by Crippen LogP contribution is -2.25. The topological polar surface area (TPSA) is 20.3 Å². The van der Waals surface area contributed by atoms with E-state index in [0.29, 0.717) is 10.6 Å². The van der Waals surface area contributed by atoms with Crippen LogP contribution in [-0.4, -0.2) is 5.91 Å². The lowest BCUT2D eigenvalue weighted by atomic mass is 10.1. The van der Waals surface area contributed by atoms with Crippen LogP contribution in [0.15, 0.2) is 71.4 Å². The molecule has 0 aliphatic carbocycles. The van der Waals surface area contributed by atoms with E-state index in [2.05, 4.69) is 0 Å². The Morgan fingerprint density at radius 2 is 1.62 bits per heavy atom. The Bertz CT molecular complexity index is 723. The summed E-state index contributed by atoms with van der Waals surface area (Å²) in [5.74, 6) is -0.0590. The number of carbonyl (C=O) groups is 1. The number of nitrogens with zero attached hydrogens (tertiary/aromatic N) is 1. The minimum Gasteiger partial charge on any atom is -0.276 e. The van der Waals surface area contributed by atoms with Crippen molar-refractivity contribution in [2.45, 2.75) is 0 Å². The summed E-state index contributed by atoms with van der Waals surface area (Å²) in [6.07, 6.45) is 0. The predicted molar refractivity (Wildman–Crippen MR) is 88.7 cm³/mol. The van der Waals surface area contributed by atoms with E-state index in [-0.39, 0.29) is 5.91 Å². The molecule has 104 valence electrons. The van der Waals surface area contributed by atoms with Crippen LogP contribution in [0.1, 0.15) is 10.4 Å². The lowest BCUT2D eigenvalue weighted by Gasteiger charge is -2.22. The first-order chi connectivity index (χ1) is 10.3. The van der Waals surface area contributed by atoms with Gasteiger partial charge in [-0.05, 0) is 47.8 Å². The molecule has 3 rings (SSSR count). The second-order valence-electron chi connectivity index (χ2n) is 4.46. The Morgan fingerprint density at radius 3 is 2.24 bits per heavy atom. The average Bonchev–Trinajstić information content (AvgIpc) is 3.04. The molecule has 1 amide bonds. The van der Waals surface area contributed by atoms with Crippen LogP contribution in [0.2, 0.25) is 5.02 Å². The van der Waals surface area contributed by atoms with Gasteiger partial charge in [-0.1, -0.05) is 29.8 Å². The van der Waals surface area contributed by atoms with Crippen LogP contribution in [0.3, 0.4) is 0 Å². The summed E-state index contributed by atoms with van der Waals surface area (Å²) in [6.45, 7) is 0. The molecule has 0 saturated carbocycles. The first-order valence-corrected chi connectivity index (χ1v) is 7.75. The third kappa shape index (κ3) is 2.99. The Labute approximate surface area is 132 Å². The first-order valence-electron chi connectivity index (χ1n) is 6.43. The molecule has 2 aromatic carbocycles. The number of anilines is 2. The highest BCUT2D eigenvalue weighted by Gasteiger charge is 2.19. The van der Waals surface area contributed by atoms with E-state index in [0.717, 1.165) is 11.4 Å². The van der Waals surface area contributed by atoms with Crippen LogP contribution in [-0.2, 0) is 0 Å². The minimum atomic E-state index is -0.0590. The molecule has 1 heterocycles. The Balaban J connectivity index is 2.05. The number of thiophene rings is 1. The number of benzene rings is 2. The summed E-state index contributed by atoms with van der Waals surface area (Å²) in [7, 11) is 0. The second kappa shape index (κ2) is 6.12. The van der Waals surface area contributed by atoms with Gasteiger partial charge in [-0.15, -0.1) is 0 Å². The number of hydrogen-bond acceptors (Lipinski definition) is 2. The molecule has 0 atom stereocenters. The minimum absolute atomic E-state index is 0.0590. The smallest absolute Gasteiger partial charge is 0.262 e. The molecule has 0 aliphatic rings. The maximum atomic E-state index is 12.8. The standard InChI is InChI=1S/C17H12ClNOS/c18-14-6-8-15(9-7-14)19(16-10-11-21-12-16)17(20)13-4-2-1-3-5-13/h1-12H. The molecule has 0 saturated heterocycles. The summed E-state index contributed by atoms with van der Waals surface area (Å²) >= 11 is 7.49. The van der Waals surface area contributed by atoms with Crippen molar-refractivity contribution in [3.63, 3.8) is 0 Å². The van der Waals surface area contributed by atoms with Gasteiger partial charge in [-0.25, -0.2) is 0 Å². The number of halogens is 1. The maximum Gasteiger partial charge on any atom is 0.262 e. The molecule has 0 radical (unpaired) electrons. The van der Waals surface area contributed by atoms with Crippen molar-refractivity contribution in [3.8, 4) is 0 Å². The molecule has 4 heteroatoms. The van der Waals surface area contributed by atoms with E-state index in [9.17, 15) is 4.79 Å². The third-order valence-electron chi connectivity index (χ3n) is 3.07. The fourth-order valence-corrected chi connectivity index (χ4v) is 2.81. The molecule has 21 heavy (non-hydrogen) atoms. The van der Waals surface area contributed by atoms with E-state index >= 15 is 0 Å². The predicted octanol–water partition coefficient (Wildman–Crippen LogP) is 5.38. The molecule has 0 spiro atoms. The summed E-state index contributed by atoms with van der Waals surface area (Å²) in [5, 5.41) is 4.56. The number of carbonyl (C=O) groups excluding carboxylic acids is 1. The van der Waals surface area contributed by atoms with E-state index in [1.165, 1.54) is 0 Å². The SMILES string of the molecule is O=C(c1ccccc1)N(c1ccc(Cl)cc1)c1ccsc1. The van der Waals surface area contributed by atoms with Crippen LogP contribution in [0.5, 0.6) is 0 Å². The molecule has 1 aromatic heterocycles. The van der Waals surface area contributed by atoms with Gasteiger partial charge in [0.15, 0.2) is 0 Å². The zero-order chi connectivity index (χ0) is 14.7. The fourth-order valence-electron chi connectivity index (χ4n) is 2.07. The summed E-state index contributed by atoms with van der Waals surface area (Å²) in [5.41, 5.74) is 2.31. The van der Waals surface area contributed by atoms with Crippen molar-refractivity contribution >= 4 is 40.2 Å². The first kappa shape index (κ1) is 13.9. The quantitative estimate of drug-likeness (QED) is 0.635. The van der Waals surface area contributed by atoms with Gasteiger partial charge in [-0.2, -0.15) is 11.3 Å². The zero-order valence-corrected chi connectivity index (χ0v) is 12.6. The van der Waals surface area contributed by atoms with E-state index in [1.807, 2.05) is 59.3 Å². The Kier molecular flexibility index (Phi) is 4.04. The Hall–Kier alpha value is -2.10. The van der Waals surface area contributed by atoms with Crippen molar-refractivity contribution in [2.75, 3.05) is 4.90 Å². The molecule has 0 bridgehead atoms. The number of amides is 1. The summed E-state index contributed by atoms with van der Waals surface area (Å²) in [6, 6.07) is 18.5. The van der Waals surface area contributed by atoms with Crippen LogP contribution in [0.25, 0.3) is 0 Å². The van der Waals surface area contributed by atoms with Gasteiger partial charge in [0.05, 0.1) is 5.69 Å². The van der Waals surface area contributed by atoms with Gasteiger partial charge in [0.25, 0.3) is 5.91 Å². The summed E-state index contributed by atoms with van der Waals surface area (Å²) in [4.78, 5) is 14.5. The highest BCUT2D eigenvalue weighted by atomic mass is 35.5. The van der Waals surface area contributed by atoms with Gasteiger partial charge in [0.2, 0.25) is 0 Å². The molecular formula is C17H12ClNOS. The maximum absolute atomic E-state index is 12.8. The third-order valence-corrected chi connectivity index (χ3v) is 4.00. The van der Waals surface area contributed by atoms with Crippen LogP contribution in [0, 0.1) is 0 Å². The van der Waals surface area contributed by atoms with Crippen molar-refractivity contribution in [3.05, 3.63) is 82.0 Å². The molecule has 0 unspecified atom stereocenters. The van der Waals surface area contributed by atoms with Crippen molar-refractivity contribution in [1.82, 2.24) is 0 Å². The normalized spacial score (nSPS) is 10.3. The number of rotatable bonds is 3. The van der Waals surface area contributed by atoms with Crippen molar-refractivity contribution in [1.29, 1.82) is 0 Å². The molecule has 3 aromatic rings. The molecule has 2 nitrogen and oxygen atoms in total. The van der Waals surface area contributed by atoms with E-state index < -0.39 is 0 Å². The van der Waals surface area contributed by atoms with E-state index in [1.54, 1.807) is 28.4 Å². The van der Waals surface area contributed by atoms with Crippen LogP contribution < -0.4 is 4.90 Å². The lowest BCUT2D eigenvalue weighted by molar-refractivity contribution is 0.0999. The average molecular weight is 314 g/mol. The molecule has 0 aliphatic heterocycles. The Morgan fingerprint density at radius 1 is 0.905 bits per heavy atom.